The van der Waals surface area contributed by atoms with Gasteiger partial charge in [-0.3, -0.25) is 0 Å². The standard InChI is InChI=1S/C11H10N/c1-12-8-7-11(9-12)10-5-3-2-4-6-10/h2-7,9H,1H3. The van der Waals surface area contributed by atoms with Crippen molar-refractivity contribution in [1.82, 2.24) is 4.57 Å². The van der Waals surface area contributed by atoms with Gasteiger partial charge in [0.25, 0.3) is 0 Å². The van der Waals surface area contributed by atoms with Crippen LogP contribution in [0.1, 0.15) is 0 Å². The first-order valence-electron chi connectivity index (χ1n) is 3.96. The summed E-state index contributed by atoms with van der Waals surface area (Å²) in [5.74, 6) is 0. The summed E-state index contributed by atoms with van der Waals surface area (Å²) in [4.78, 5) is 0. The number of benzene rings is 1. The predicted octanol–water partition coefficient (Wildman–Crippen LogP) is 2.49. The van der Waals surface area contributed by atoms with Crippen molar-refractivity contribution in [2.75, 3.05) is 0 Å². The van der Waals surface area contributed by atoms with E-state index < -0.39 is 0 Å². The molecule has 1 heteroatoms. The normalized spacial score (nSPS) is 10.1. The summed E-state index contributed by atoms with van der Waals surface area (Å²) in [5.41, 5.74) is 2.47. The van der Waals surface area contributed by atoms with Gasteiger partial charge in [0.2, 0.25) is 0 Å². The quantitative estimate of drug-likeness (QED) is 0.597. The third kappa shape index (κ3) is 1.26. The lowest BCUT2D eigenvalue weighted by atomic mass is 10.1. The maximum absolute atomic E-state index is 3.08. The summed E-state index contributed by atoms with van der Waals surface area (Å²) in [6.45, 7) is 0. The van der Waals surface area contributed by atoms with Crippen molar-refractivity contribution in [3.63, 3.8) is 0 Å². The van der Waals surface area contributed by atoms with Crippen molar-refractivity contribution in [3.8, 4) is 11.1 Å². The Morgan fingerprint density at radius 2 is 1.83 bits per heavy atom. The number of rotatable bonds is 1. The first kappa shape index (κ1) is 7.17. The summed E-state index contributed by atoms with van der Waals surface area (Å²) in [6, 6.07) is 12.3. The number of aromatic nitrogens is 1. The minimum absolute atomic E-state index is 1.22. The van der Waals surface area contributed by atoms with Crippen LogP contribution in [0.2, 0.25) is 0 Å². The predicted molar refractivity (Wildman–Crippen MR) is 49.7 cm³/mol. The van der Waals surface area contributed by atoms with Crippen molar-refractivity contribution < 1.29 is 0 Å². The fraction of sp³-hybridized carbons (Fsp3) is 0.0909. The minimum Gasteiger partial charge on any atom is -0.349 e. The lowest BCUT2D eigenvalue weighted by Gasteiger charge is -1.94. The average molecular weight is 156 g/mol. The van der Waals surface area contributed by atoms with Gasteiger partial charge in [0, 0.05) is 18.8 Å². The first-order chi connectivity index (χ1) is 5.86. The second-order valence-electron chi connectivity index (χ2n) is 2.83. The van der Waals surface area contributed by atoms with Gasteiger partial charge in [0.05, 0.1) is 6.20 Å². The highest BCUT2D eigenvalue weighted by atomic mass is 14.9. The van der Waals surface area contributed by atoms with Crippen LogP contribution in [-0.2, 0) is 7.05 Å². The fourth-order valence-corrected chi connectivity index (χ4v) is 1.24. The summed E-state index contributed by atoms with van der Waals surface area (Å²) in [6.07, 6.45) is 5.15. The fourth-order valence-electron chi connectivity index (χ4n) is 1.24. The smallest absolute Gasteiger partial charge is 0.0651 e. The number of hydrogen-bond acceptors (Lipinski definition) is 0. The van der Waals surface area contributed by atoms with E-state index in [1.807, 2.05) is 35.9 Å². The summed E-state index contributed by atoms with van der Waals surface area (Å²) in [5, 5.41) is 0. The zero-order valence-electron chi connectivity index (χ0n) is 6.99. The van der Waals surface area contributed by atoms with Gasteiger partial charge in [-0.1, -0.05) is 30.3 Å². The van der Waals surface area contributed by atoms with Gasteiger partial charge >= 0.3 is 0 Å². The Balaban J connectivity index is 2.45. The van der Waals surface area contributed by atoms with Crippen molar-refractivity contribution in [2.24, 2.45) is 7.05 Å². The maximum Gasteiger partial charge on any atom is 0.0651 e. The molecule has 0 aliphatic heterocycles. The van der Waals surface area contributed by atoms with Gasteiger partial charge < -0.3 is 4.57 Å². The lowest BCUT2D eigenvalue weighted by Crippen LogP contribution is -1.78. The molecule has 0 N–H and O–H groups in total. The number of hydrogen-bond donors (Lipinski definition) is 0. The highest BCUT2D eigenvalue weighted by molar-refractivity contribution is 5.62. The molecule has 1 nitrogen and oxygen atoms in total. The molecule has 0 unspecified atom stereocenters. The molecule has 1 aromatic carbocycles. The molecule has 0 aliphatic rings. The molecule has 0 aliphatic carbocycles. The van der Waals surface area contributed by atoms with E-state index in [4.69, 9.17) is 0 Å². The molecule has 0 atom stereocenters. The van der Waals surface area contributed by atoms with Crippen LogP contribution in [0.15, 0.2) is 42.6 Å². The van der Waals surface area contributed by atoms with Gasteiger partial charge in [-0.2, -0.15) is 0 Å². The Bertz CT molecular complexity index is 360. The van der Waals surface area contributed by atoms with Gasteiger partial charge in [-0.05, 0) is 11.6 Å². The Kier molecular flexibility index (Phi) is 1.71. The van der Waals surface area contributed by atoms with Crippen molar-refractivity contribution in [3.05, 3.63) is 48.8 Å². The topological polar surface area (TPSA) is 4.93 Å². The molecule has 1 heterocycles. The molecule has 2 aromatic rings. The SMILES string of the molecule is Cn1[c]cc(-c2ccccc2)c1. The van der Waals surface area contributed by atoms with E-state index in [-0.39, 0.29) is 0 Å². The van der Waals surface area contributed by atoms with Crippen LogP contribution < -0.4 is 0 Å². The van der Waals surface area contributed by atoms with E-state index in [9.17, 15) is 0 Å². The van der Waals surface area contributed by atoms with Crippen LogP contribution in [0.3, 0.4) is 0 Å². The maximum atomic E-state index is 3.08. The third-order valence-corrected chi connectivity index (χ3v) is 1.86. The largest absolute Gasteiger partial charge is 0.349 e. The number of aryl methyl sites for hydroxylation is 1. The van der Waals surface area contributed by atoms with E-state index in [2.05, 4.69) is 24.5 Å². The molecule has 0 saturated heterocycles. The highest BCUT2D eigenvalue weighted by Crippen LogP contribution is 2.17. The van der Waals surface area contributed by atoms with E-state index in [1.165, 1.54) is 11.1 Å². The second-order valence-corrected chi connectivity index (χ2v) is 2.83. The first-order valence-corrected chi connectivity index (χ1v) is 3.96. The van der Waals surface area contributed by atoms with Crippen LogP contribution >= 0.6 is 0 Å². The van der Waals surface area contributed by atoms with E-state index in [0.29, 0.717) is 0 Å². The molecule has 12 heavy (non-hydrogen) atoms. The lowest BCUT2D eigenvalue weighted by molar-refractivity contribution is 0.920. The minimum atomic E-state index is 1.22. The molecular formula is C11H10N. The van der Waals surface area contributed by atoms with Crippen LogP contribution in [0.25, 0.3) is 11.1 Å². The Hall–Kier alpha value is -1.50. The summed E-state index contributed by atoms with van der Waals surface area (Å²) in [7, 11) is 1.98. The van der Waals surface area contributed by atoms with Crippen LogP contribution in [0.5, 0.6) is 0 Å². The van der Waals surface area contributed by atoms with Gasteiger partial charge in [-0.15, -0.1) is 0 Å². The Morgan fingerprint density at radius 3 is 2.42 bits per heavy atom. The van der Waals surface area contributed by atoms with E-state index >= 15 is 0 Å². The molecule has 59 valence electrons. The van der Waals surface area contributed by atoms with Gasteiger partial charge in [0.1, 0.15) is 0 Å². The van der Waals surface area contributed by atoms with Crippen LogP contribution in [-0.4, -0.2) is 4.57 Å². The van der Waals surface area contributed by atoms with Gasteiger partial charge in [0.15, 0.2) is 0 Å². The zero-order chi connectivity index (χ0) is 8.39. The molecule has 0 bridgehead atoms. The van der Waals surface area contributed by atoms with Crippen LogP contribution in [0.4, 0.5) is 0 Å². The molecule has 1 aromatic heterocycles. The highest BCUT2D eigenvalue weighted by Gasteiger charge is 1.96. The summed E-state index contributed by atoms with van der Waals surface area (Å²) < 4.78 is 1.93. The molecule has 0 fully saturated rings. The van der Waals surface area contributed by atoms with E-state index in [0.717, 1.165) is 0 Å². The monoisotopic (exact) mass is 156 g/mol. The number of nitrogens with zero attached hydrogens (tertiary/aromatic N) is 1. The Morgan fingerprint density at radius 1 is 1.08 bits per heavy atom. The van der Waals surface area contributed by atoms with Crippen molar-refractivity contribution in [1.29, 1.82) is 0 Å². The van der Waals surface area contributed by atoms with Crippen LogP contribution in [0, 0.1) is 6.20 Å². The molecule has 0 saturated carbocycles. The molecule has 1 radical (unpaired) electrons. The third-order valence-electron chi connectivity index (χ3n) is 1.86. The molecule has 2 rings (SSSR count). The van der Waals surface area contributed by atoms with Crippen molar-refractivity contribution in [2.45, 2.75) is 0 Å². The summed E-state index contributed by atoms with van der Waals surface area (Å²) >= 11 is 0. The van der Waals surface area contributed by atoms with Crippen molar-refractivity contribution >= 4 is 0 Å². The van der Waals surface area contributed by atoms with E-state index in [1.54, 1.807) is 0 Å². The molecular weight excluding hydrogens is 146 g/mol. The average Bonchev–Trinajstić information content (AvgIpc) is 2.54. The zero-order valence-corrected chi connectivity index (χ0v) is 6.99. The second kappa shape index (κ2) is 2.86. The van der Waals surface area contributed by atoms with Gasteiger partial charge in [-0.25, -0.2) is 0 Å². The molecule has 0 spiro atoms. The molecule has 0 amide bonds. The Labute approximate surface area is 72.3 Å².